The summed E-state index contributed by atoms with van der Waals surface area (Å²) in [7, 11) is 0. The summed E-state index contributed by atoms with van der Waals surface area (Å²) in [5, 5.41) is 7.30. The summed E-state index contributed by atoms with van der Waals surface area (Å²) >= 11 is 0. The minimum atomic E-state index is 0.639. The maximum Gasteiger partial charge on any atom is 0.235 e. The lowest BCUT2D eigenvalue weighted by atomic mass is 9.94. The number of hydrogen-bond donors (Lipinski definition) is 0. The smallest absolute Gasteiger partial charge is 0.235 e. The maximum absolute atomic E-state index is 5.42. The lowest BCUT2D eigenvalue weighted by Crippen LogP contribution is -2.04. The van der Waals surface area contributed by atoms with Crippen molar-refractivity contribution in [2.75, 3.05) is 0 Å². The van der Waals surface area contributed by atoms with Crippen LogP contribution in [0.2, 0.25) is 0 Å². The Bertz CT molecular complexity index is 3750. The molecule has 4 heteroatoms. The van der Waals surface area contributed by atoms with E-state index in [-0.39, 0.29) is 0 Å². The number of hydrogen-bond acceptors (Lipinski definition) is 2. The van der Waals surface area contributed by atoms with Crippen molar-refractivity contribution < 1.29 is 0 Å². The molecule has 0 saturated heterocycles. The standard InChI is InChI=1S/C60H38N4/c1-4-13-39(14-5-1)41-23-27-43(28-24-41)52-38-53(44-29-25-42(26-30-44)40-15-6-2-7-16-40)62-60(61-52)64-56-22-12-17-45-31-33-50-48(34-36-57(64)59(50)58(45)56)46-32-35-55-51(37-46)49-20-10-11-21-54(49)63(55)47-18-8-3-9-19-47/h1-38H. The molecular weight excluding hydrogens is 777 g/mol. The summed E-state index contributed by atoms with van der Waals surface area (Å²) < 4.78 is 4.65. The van der Waals surface area contributed by atoms with Crippen molar-refractivity contribution in [1.29, 1.82) is 0 Å². The van der Waals surface area contributed by atoms with Crippen LogP contribution in [0.25, 0.3) is 122 Å². The first kappa shape index (κ1) is 36.1. The Hall–Kier alpha value is -8.60. The highest BCUT2D eigenvalue weighted by Crippen LogP contribution is 2.44. The fourth-order valence-corrected chi connectivity index (χ4v) is 9.91. The van der Waals surface area contributed by atoms with E-state index in [1.54, 1.807) is 0 Å². The van der Waals surface area contributed by atoms with Gasteiger partial charge in [0, 0.05) is 38.4 Å². The molecule has 0 bridgehead atoms. The van der Waals surface area contributed by atoms with E-state index in [0.717, 1.165) is 39.2 Å². The van der Waals surface area contributed by atoms with Crippen LogP contribution in [0, 0.1) is 0 Å². The molecule has 0 radical (unpaired) electrons. The van der Waals surface area contributed by atoms with Crippen LogP contribution >= 0.6 is 0 Å². The second-order valence-electron chi connectivity index (χ2n) is 16.6. The second-order valence-corrected chi connectivity index (χ2v) is 16.6. The molecule has 0 unspecified atom stereocenters. The first-order valence-electron chi connectivity index (χ1n) is 21.8. The van der Waals surface area contributed by atoms with Crippen LogP contribution in [0.15, 0.2) is 231 Å². The van der Waals surface area contributed by atoms with Crippen molar-refractivity contribution >= 4 is 54.4 Å². The zero-order chi connectivity index (χ0) is 42.1. The third kappa shape index (κ3) is 5.77. The van der Waals surface area contributed by atoms with E-state index in [1.165, 1.54) is 76.7 Å². The normalized spacial score (nSPS) is 11.8. The molecule has 0 aliphatic heterocycles. The van der Waals surface area contributed by atoms with E-state index < -0.39 is 0 Å². The average molecular weight is 815 g/mol. The van der Waals surface area contributed by atoms with Crippen molar-refractivity contribution in [2.45, 2.75) is 0 Å². The lowest BCUT2D eigenvalue weighted by molar-refractivity contribution is 0.996. The van der Waals surface area contributed by atoms with Gasteiger partial charge in [-0.15, -0.1) is 0 Å². The van der Waals surface area contributed by atoms with Gasteiger partial charge in [-0.25, -0.2) is 9.97 Å². The molecule has 0 fully saturated rings. The SMILES string of the molecule is c1ccc(-c2ccc(-c3cc(-c4ccc(-c5ccccc5)cc4)nc(-n4c5cccc6ccc7c(-c8ccc9c(c8)c8ccccc8n9-c8ccccc8)ccc4c7c65)n3)cc2)cc1. The quantitative estimate of drug-likeness (QED) is 0.150. The van der Waals surface area contributed by atoms with Crippen LogP contribution in [0.3, 0.4) is 0 Å². The Morgan fingerprint density at radius 1 is 0.281 bits per heavy atom. The summed E-state index contributed by atoms with van der Waals surface area (Å²) in [4.78, 5) is 10.8. The van der Waals surface area contributed by atoms with Gasteiger partial charge in [0.2, 0.25) is 5.95 Å². The van der Waals surface area contributed by atoms with Crippen LogP contribution in [0.4, 0.5) is 0 Å². The molecular formula is C60H38N4. The third-order valence-corrected chi connectivity index (χ3v) is 12.9. The molecule has 0 atom stereocenters. The molecule has 13 aromatic rings. The number of nitrogens with zero attached hydrogens (tertiary/aromatic N) is 4. The first-order chi connectivity index (χ1) is 31.7. The highest BCUT2D eigenvalue weighted by molar-refractivity contribution is 6.26. The minimum Gasteiger partial charge on any atom is -0.309 e. The number of benzene rings is 10. The molecule has 298 valence electrons. The van der Waals surface area contributed by atoms with E-state index in [9.17, 15) is 0 Å². The molecule has 0 N–H and O–H groups in total. The number of rotatable bonds is 7. The Morgan fingerprint density at radius 3 is 1.47 bits per heavy atom. The number of para-hydroxylation sites is 2. The fraction of sp³-hybridized carbons (Fsp3) is 0. The van der Waals surface area contributed by atoms with Crippen LogP contribution in [-0.4, -0.2) is 19.1 Å². The van der Waals surface area contributed by atoms with E-state index >= 15 is 0 Å². The van der Waals surface area contributed by atoms with Gasteiger partial charge in [0.05, 0.1) is 33.5 Å². The third-order valence-electron chi connectivity index (χ3n) is 12.9. The minimum absolute atomic E-state index is 0.639. The maximum atomic E-state index is 5.42. The van der Waals surface area contributed by atoms with Crippen molar-refractivity contribution in [1.82, 2.24) is 19.1 Å². The van der Waals surface area contributed by atoms with E-state index in [0.29, 0.717) is 5.95 Å². The van der Waals surface area contributed by atoms with Crippen LogP contribution in [0.1, 0.15) is 0 Å². The zero-order valence-corrected chi connectivity index (χ0v) is 34.7. The largest absolute Gasteiger partial charge is 0.309 e. The Balaban J connectivity index is 0.999. The summed E-state index contributed by atoms with van der Waals surface area (Å²) in [5.41, 5.74) is 16.6. The van der Waals surface area contributed by atoms with Gasteiger partial charge in [-0.2, -0.15) is 0 Å². The van der Waals surface area contributed by atoms with Crippen molar-refractivity contribution in [3.63, 3.8) is 0 Å². The van der Waals surface area contributed by atoms with E-state index in [4.69, 9.17) is 9.97 Å². The molecule has 0 spiro atoms. The molecule has 13 rings (SSSR count). The Labute approximate surface area is 369 Å². The van der Waals surface area contributed by atoms with Crippen molar-refractivity contribution in [2.24, 2.45) is 0 Å². The molecule has 10 aromatic carbocycles. The van der Waals surface area contributed by atoms with Crippen molar-refractivity contribution in [3.05, 3.63) is 231 Å². The summed E-state index contributed by atoms with van der Waals surface area (Å²) in [6.45, 7) is 0. The molecule has 0 saturated carbocycles. The lowest BCUT2D eigenvalue weighted by Gasteiger charge is -2.13. The van der Waals surface area contributed by atoms with Crippen molar-refractivity contribution in [3.8, 4) is 67.5 Å². The molecule has 0 aliphatic carbocycles. The zero-order valence-electron chi connectivity index (χ0n) is 34.7. The molecule has 3 heterocycles. The second kappa shape index (κ2) is 14.5. The summed E-state index contributed by atoms with van der Waals surface area (Å²) in [6.07, 6.45) is 0. The van der Waals surface area contributed by atoms with Gasteiger partial charge in [-0.1, -0.05) is 182 Å². The first-order valence-corrected chi connectivity index (χ1v) is 21.8. The predicted octanol–water partition coefficient (Wildman–Crippen LogP) is 15.6. The Morgan fingerprint density at radius 2 is 0.797 bits per heavy atom. The van der Waals surface area contributed by atoms with Gasteiger partial charge < -0.3 is 4.57 Å². The summed E-state index contributed by atoms with van der Waals surface area (Å²) in [6, 6.07) is 82.6. The van der Waals surface area contributed by atoms with Gasteiger partial charge in [0.1, 0.15) is 0 Å². The van der Waals surface area contributed by atoms with Crippen LogP contribution in [-0.2, 0) is 0 Å². The molecule has 0 aliphatic rings. The van der Waals surface area contributed by atoms with E-state index in [2.05, 4.69) is 240 Å². The molecule has 3 aromatic heterocycles. The molecule has 64 heavy (non-hydrogen) atoms. The van der Waals surface area contributed by atoms with Gasteiger partial charge in [0.15, 0.2) is 0 Å². The van der Waals surface area contributed by atoms with Gasteiger partial charge in [-0.05, 0) is 92.7 Å². The fourth-order valence-electron chi connectivity index (χ4n) is 9.91. The van der Waals surface area contributed by atoms with Gasteiger partial charge in [-0.3, -0.25) is 4.57 Å². The van der Waals surface area contributed by atoms with Gasteiger partial charge in [0.25, 0.3) is 0 Å². The predicted molar refractivity (Wildman–Crippen MR) is 267 cm³/mol. The topological polar surface area (TPSA) is 35.6 Å². The summed E-state index contributed by atoms with van der Waals surface area (Å²) in [5.74, 6) is 0.639. The van der Waals surface area contributed by atoms with E-state index in [1.807, 2.05) is 0 Å². The Kier molecular flexibility index (Phi) is 8.18. The highest BCUT2D eigenvalue weighted by atomic mass is 15.2. The van der Waals surface area contributed by atoms with Crippen LogP contribution in [0.5, 0.6) is 0 Å². The highest BCUT2D eigenvalue weighted by Gasteiger charge is 2.22. The molecule has 0 amide bonds. The monoisotopic (exact) mass is 814 g/mol. The molecule has 4 nitrogen and oxygen atoms in total. The average Bonchev–Trinajstić information content (AvgIpc) is 3.90. The number of aromatic nitrogens is 4. The van der Waals surface area contributed by atoms with Crippen LogP contribution < -0.4 is 0 Å². The number of fused-ring (bicyclic) bond motifs is 3. The van der Waals surface area contributed by atoms with Gasteiger partial charge >= 0.3 is 0 Å².